The summed E-state index contributed by atoms with van der Waals surface area (Å²) in [4.78, 5) is 2.43. The van der Waals surface area contributed by atoms with E-state index in [1.54, 1.807) is 25.6 Å². The molecular weight excluding hydrogens is 384 g/mol. The summed E-state index contributed by atoms with van der Waals surface area (Å²) in [6.45, 7) is 4.29. The molecule has 4 heteroatoms. The first kappa shape index (κ1) is 17.1. The zero-order valence-electron chi connectivity index (χ0n) is 14.1. The second-order valence-corrected chi connectivity index (χ2v) is 7.56. The minimum Gasteiger partial charge on any atom is -0.493 e. The van der Waals surface area contributed by atoms with Gasteiger partial charge in [0.05, 0.1) is 14.2 Å². The predicted octanol–water partition coefficient (Wildman–Crippen LogP) is 6.48. The second-order valence-electron chi connectivity index (χ2n) is 5.66. The number of hydrogen-bond acceptors (Lipinski definition) is 3. The molecule has 0 aliphatic heterocycles. The van der Waals surface area contributed by atoms with Gasteiger partial charge in [0, 0.05) is 14.2 Å². The number of halogens is 1. The average Bonchev–Trinajstić information content (AvgIpc) is 2.98. The minimum absolute atomic E-state index is 0.739. The standard InChI is InChI=1S/C20H19BrO2S/c1-12-5-6-14(9-13(12)2)19-11-16(21)20(24-19)15-7-8-17(22-3)18(10-15)23-4/h5-11H,1-4H3. The van der Waals surface area contributed by atoms with Gasteiger partial charge in [0.2, 0.25) is 0 Å². The highest BCUT2D eigenvalue weighted by Gasteiger charge is 2.13. The molecule has 124 valence electrons. The van der Waals surface area contributed by atoms with Crippen molar-refractivity contribution in [3.05, 3.63) is 58.1 Å². The first-order valence-corrected chi connectivity index (χ1v) is 9.23. The molecule has 1 aromatic heterocycles. The Morgan fingerprint density at radius 2 is 1.50 bits per heavy atom. The smallest absolute Gasteiger partial charge is 0.161 e. The fourth-order valence-corrected chi connectivity index (χ4v) is 4.47. The van der Waals surface area contributed by atoms with E-state index in [0.717, 1.165) is 21.5 Å². The van der Waals surface area contributed by atoms with Crippen molar-refractivity contribution >= 4 is 27.3 Å². The number of benzene rings is 2. The normalized spacial score (nSPS) is 10.7. The Hall–Kier alpha value is -1.78. The van der Waals surface area contributed by atoms with E-state index in [2.05, 4.69) is 60.1 Å². The topological polar surface area (TPSA) is 18.5 Å². The van der Waals surface area contributed by atoms with Crippen LogP contribution in [0.25, 0.3) is 20.9 Å². The second kappa shape index (κ2) is 6.99. The monoisotopic (exact) mass is 402 g/mol. The molecule has 0 N–H and O–H groups in total. The molecule has 0 saturated carbocycles. The summed E-state index contributed by atoms with van der Waals surface area (Å²) in [6.07, 6.45) is 0. The Kier molecular flexibility index (Phi) is 4.97. The van der Waals surface area contributed by atoms with E-state index in [9.17, 15) is 0 Å². The van der Waals surface area contributed by atoms with Crippen LogP contribution >= 0.6 is 27.3 Å². The van der Waals surface area contributed by atoms with Crippen LogP contribution < -0.4 is 9.47 Å². The van der Waals surface area contributed by atoms with Crippen LogP contribution in [-0.4, -0.2) is 14.2 Å². The van der Waals surface area contributed by atoms with Crippen LogP contribution in [0.3, 0.4) is 0 Å². The van der Waals surface area contributed by atoms with Crippen molar-refractivity contribution in [3.8, 4) is 32.4 Å². The summed E-state index contributed by atoms with van der Waals surface area (Å²) in [6, 6.07) is 14.8. The molecule has 0 amide bonds. The van der Waals surface area contributed by atoms with Crippen LogP contribution in [0.2, 0.25) is 0 Å². The molecule has 0 fully saturated rings. The number of methoxy groups -OCH3 is 2. The van der Waals surface area contributed by atoms with Crippen molar-refractivity contribution in [1.29, 1.82) is 0 Å². The summed E-state index contributed by atoms with van der Waals surface area (Å²) in [5.74, 6) is 1.48. The maximum absolute atomic E-state index is 5.42. The van der Waals surface area contributed by atoms with Crippen molar-refractivity contribution in [2.75, 3.05) is 14.2 Å². The predicted molar refractivity (Wildman–Crippen MR) is 105 cm³/mol. The van der Waals surface area contributed by atoms with Crippen LogP contribution in [0.1, 0.15) is 11.1 Å². The lowest BCUT2D eigenvalue weighted by Gasteiger charge is -2.09. The molecule has 0 aliphatic carbocycles. The van der Waals surface area contributed by atoms with Crippen molar-refractivity contribution in [3.63, 3.8) is 0 Å². The molecule has 0 spiro atoms. The number of rotatable bonds is 4. The van der Waals surface area contributed by atoms with Gasteiger partial charge in [-0.2, -0.15) is 0 Å². The van der Waals surface area contributed by atoms with Gasteiger partial charge in [-0.1, -0.05) is 18.2 Å². The summed E-state index contributed by atoms with van der Waals surface area (Å²) in [7, 11) is 3.31. The third-order valence-electron chi connectivity index (χ3n) is 4.12. The van der Waals surface area contributed by atoms with Crippen molar-refractivity contribution in [1.82, 2.24) is 0 Å². The third-order valence-corrected chi connectivity index (χ3v) is 6.24. The summed E-state index contributed by atoms with van der Waals surface area (Å²) in [5, 5.41) is 0. The van der Waals surface area contributed by atoms with Crippen LogP contribution in [0.5, 0.6) is 11.5 Å². The van der Waals surface area contributed by atoms with E-state index in [-0.39, 0.29) is 0 Å². The van der Waals surface area contributed by atoms with Gasteiger partial charge in [-0.3, -0.25) is 0 Å². The highest BCUT2D eigenvalue weighted by Crippen LogP contribution is 2.43. The zero-order chi connectivity index (χ0) is 17.3. The van der Waals surface area contributed by atoms with E-state index in [1.807, 2.05) is 12.1 Å². The number of hydrogen-bond donors (Lipinski definition) is 0. The van der Waals surface area contributed by atoms with Gasteiger partial charge >= 0.3 is 0 Å². The van der Waals surface area contributed by atoms with Gasteiger partial charge in [0.1, 0.15) is 0 Å². The van der Waals surface area contributed by atoms with Crippen molar-refractivity contribution in [2.45, 2.75) is 13.8 Å². The van der Waals surface area contributed by atoms with Crippen LogP contribution in [0.15, 0.2) is 46.9 Å². The van der Waals surface area contributed by atoms with Crippen LogP contribution in [0.4, 0.5) is 0 Å². The quantitative estimate of drug-likeness (QED) is 0.497. The molecule has 2 nitrogen and oxygen atoms in total. The molecule has 0 bridgehead atoms. The fraction of sp³-hybridized carbons (Fsp3) is 0.200. The van der Waals surface area contributed by atoms with Crippen LogP contribution in [-0.2, 0) is 0 Å². The third kappa shape index (κ3) is 3.21. The molecule has 2 aromatic carbocycles. The first-order chi connectivity index (χ1) is 11.5. The first-order valence-electron chi connectivity index (χ1n) is 7.63. The molecular formula is C20H19BrO2S. The largest absolute Gasteiger partial charge is 0.493 e. The molecule has 0 aliphatic rings. The van der Waals surface area contributed by atoms with Gasteiger partial charge in [-0.05, 0) is 76.3 Å². The summed E-state index contributed by atoms with van der Waals surface area (Å²) < 4.78 is 11.8. The molecule has 1 heterocycles. The van der Waals surface area contributed by atoms with E-state index in [0.29, 0.717) is 0 Å². The number of aryl methyl sites for hydroxylation is 2. The van der Waals surface area contributed by atoms with Crippen molar-refractivity contribution < 1.29 is 9.47 Å². The Labute approximate surface area is 155 Å². The average molecular weight is 403 g/mol. The Bertz CT molecular complexity index is 883. The molecule has 24 heavy (non-hydrogen) atoms. The van der Waals surface area contributed by atoms with Gasteiger partial charge in [-0.15, -0.1) is 11.3 Å². The minimum atomic E-state index is 0.739. The molecule has 0 atom stereocenters. The van der Waals surface area contributed by atoms with Gasteiger partial charge in [-0.25, -0.2) is 0 Å². The molecule has 3 aromatic rings. The van der Waals surface area contributed by atoms with E-state index in [4.69, 9.17) is 9.47 Å². The Morgan fingerprint density at radius 1 is 0.792 bits per heavy atom. The highest BCUT2D eigenvalue weighted by molar-refractivity contribution is 9.10. The van der Waals surface area contributed by atoms with E-state index in [1.165, 1.54) is 26.4 Å². The Morgan fingerprint density at radius 3 is 2.17 bits per heavy atom. The Balaban J connectivity index is 2.04. The SMILES string of the molecule is COc1ccc(-c2sc(-c3ccc(C)c(C)c3)cc2Br)cc1OC. The van der Waals surface area contributed by atoms with Gasteiger partial charge in [0.15, 0.2) is 11.5 Å². The number of thiophene rings is 1. The van der Waals surface area contributed by atoms with Gasteiger partial charge in [0.25, 0.3) is 0 Å². The maximum Gasteiger partial charge on any atom is 0.161 e. The zero-order valence-corrected chi connectivity index (χ0v) is 16.5. The maximum atomic E-state index is 5.42. The lowest BCUT2D eigenvalue weighted by Crippen LogP contribution is -1.90. The lowest BCUT2D eigenvalue weighted by atomic mass is 10.1. The van der Waals surface area contributed by atoms with E-state index < -0.39 is 0 Å². The molecule has 0 unspecified atom stereocenters. The summed E-state index contributed by atoms with van der Waals surface area (Å²) >= 11 is 5.47. The summed E-state index contributed by atoms with van der Waals surface area (Å²) in [5.41, 5.74) is 4.98. The number of ether oxygens (including phenoxy) is 2. The van der Waals surface area contributed by atoms with Crippen molar-refractivity contribution in [2.24, 2.45) is 0 Å². The highest BCUT2D eigenvalue weighted by atomic mass is 79.9. The van der Waals surface area contributed by atoms with Gasteiger partial charge < -0.3 is 9.47 Å². The van der Waals surface area contributed by atoms with Crippen LogP contribution in [0, 0.1) is 13.8 Å². The molecule has 0 radical (unpaired) electrons. The van der Waals surface area contributed by atoms with E-state index >= 15 is 0 Å². The fourth-order valence-electron chi connectivity index (χ4n) is 2.58. The molecule has 3 rings (SSSR count). The lowest BCUT2D eigenvalue weighted by molar-refractivity contribution is 0.355. The molecule has 0 saturated heterocycles.